The average Bonchev–Trinajstić information content (AvgIpc) is 3.25. The van der Waals surface area contributed by atoms with Gasteiger partial charge in [-0.3, -0.25) is 4.79 Å². The summed E-state index contributed by atoms with van der Waals surface area (Å²) in [6.07, 6.45) is 2.29. The zero-order valence-electron chi connectivity index (χ0n) is 16.6. The van der Waals surface area contributed by atoms with Gasteiger partial charge in [0.15, 0.2) is 0 Å². The third-order valence-corrected chi connectivity index (χ3v) is 7.46. The van der Waals surface area contributed by atoms with Crippen molar-refractivity contribution in [3.63, 3.8) is 0 Å². The van der Waals surface area contributed by atoms with Crippen LogP contribution in [0.2, 0.25) is 0 Å². The van der Waals surface area contributed by atoms with E-state index in [0.29, 0.717) is 25.9 Å². The highest BCUT2D eigenvalue weighted by molar-refractivity contribution is 7.88. The summed E-state index contributed by atoms with van der Waals surface area (Å²) in [5.41, 5.74) is 3.73. The molecule has 1 amide bonds. The molecular formula is C22H23N3O3S2. The van der Waals surface area contributed by atoms with E-state index in [-0.39, 0.29) is 11.8 Å². The molecule has 0 radical (unpaired) electrons. The van der Waals surface area contributed by atoms with E-state index < -0.39 is 10.0 Å². The van der Waals surface area contributed by atoms with Crippen molar-refractivity contribution in [1.29, 1.82) is 0 Å². The number of thiazole rings is 1. The van der Waals surface area contributed by atoms with Crippen LogP contribution in [0.5, 0.6) is 0 Å². The fourth-order valence-electron chi connectivity index (χ4n) is 3.54. The van der Waals surface area contributed by atoms with Crippen LogP contribution in [0.4, 0.5) is 5.69 Å². The number of aromatic nitrogens is 1. The number of sulfonamides is 1. The van der Waals surface area contributed by atoms with Crippen molar-refractivity contribution in [2.45, 2.75) is 12.8 Å². The maximum Gasteiger partial charge on any atom is 0.227 e. The number of hydrogen-bond acceptors (Lipinski definition) is 5. The standard InChI is InChI=1S/C22H23N3O3S2/c1-30(27,28)25-13-11-17(12-14-25)21(26)23-19-9-7-16(8-10-19)20-15-29-22(24-20)18-5-3-2-4-6-18/h2-10,15,17H,11-14H2,1H3,(H,23,26). The molecule has 1 fully saturated rings. The van der Waals surface area contributed by atoms with Crippen LogP contribution >= 0.6 is 11.3 Å². The monoisotopic (exact) mass is 441 g/mol. The topological polar surface area (TPSA) is 79.4 Å². The molecular weight excluding hydrogens is 418 g/mol. The van der Waals surface area contributed by atoms with E-state index in [4.69, 9.17) is 4.98 Å². The number of rotatable bonds is 5. The van der Waals surface area contributed by atoms with E-state index in [1.165, 1.54) is 10.6 Å². The summed E-state index contributed by atoms with van der Waals surface area (Å²) in [6.45, 7) is 0.785. The van der Waals surface area contributed by atoms with Crippen LogP contribution in [-0.2, 0) is 14.8 Å². The number of nitrogens with one attached hydrogen (secondary N) is 1. The summed E-state index contributed by atoms with van der Waals surface area (Å²) in [5, 5.41) is 5.96. The number of benzene rings is 2. The van der Waals surface area contributed by atoms with Gasteiger partial charge in [-0.2, -0.15) is 0 Å². The summed E-state index contributed by atoms with van der Waals surface area (Å²) in [5.74, 6) is -0.231. The first-order chi connectivity index (χ1) is 14.4. The summed E-state index contributed by atoms with van der Waals surface area (Å²) in [6, 6.07) is 17.7. The van der Waals surface area contributed by atoms with Gasteiger partial charge in [0.2, 0.25) is 15.9 Å². The van der Waals surface area contributed by atoms with Gasteiger partial charge in [0, 0.05) is 41.2 Å². The normalized spacial score (nSPS) is 15.8. The lowest BCUT2D eigenvalue weighted by atomic mass is 9.97. The lowest BCUT2D eigenvalue weighted by molar-refractivity contribution is -0.120. The second-order valence-electron chi connectivity index (χ2n) is 7.41. The molecule has 0 spiro atoms. The Balaban J connectivity index is 1.37. The molecule has 0 unspecified atom stereocenters. The molecule has 2 aromatic carbocycles. The maximum absolute atomic E-state index is 12.5. The first-order valence-corrected chi connectivity index (χ1v) is 12.5. The molecule has 4 rings (SSSR count). The number of anilines is 1. The van der Waals surface area contributed by atoms with Crippen molar-refractivity contribution < 1.29 is 13.2 Å². The van der Waals surface area contributed by atoms with Crippen LogP contribution in [0.1, 0.15) is 12.8 Å². The van der Waals surface area contributed by atoms with Gasteiger partial charge in [-0.15, -0.1) is 11.3 Å². The molecule has 30 heavy (non-hydrogen) atoms. The number of carbonyl (C=O) groups is 1. The molecule has 3 aromatic rings. The minimum Gasteiger partial charge on any atom is -0.326 e. The molecule has 1 saturated heterocycles. The van der Waals surface area contributed by atoms with E-state index in [0.717, 1.165) is 27.5 Å². The largest absolute Gasteiger partial charge is 0.326 e. The molecule has 1 aliphatic rings. The minimum absolute atomic E-state index is 0.0593. The highest BCUT2D eigenvalue weighted by Crippen LogP contribution is 2.29. The lowest BCUT2D eigenvalue weighted by Crippen LogP contribution is -2.40. The fourth-order valence-corrected chi connectivity index (χ4v) is 5.25. The second-order valence-corrected chi connectivity index (χ2v) is 10.2. The quantitative estimate of drug-likeness (QED) is 0.647. The highest BCUT2D eigenvalue weighted by atomic mass is 32.2. The van der Waals surface area contributed by atoms with Crippen molar-refractivity contribution in [1.82, 2.24) is 9.29 Å². The molecule has 1 aromatic heterocycles. The molecule has 0 aliphatic carbocycles. The van der Waals surface area contributed by atoms with Gasteiger partial charge in [0.1, 0.15) is 5.01 Å². The summed E-state index contributed by atoms with van der Waals surface area (Å²) in [7, 11) is -3.18. The van der Waals surface area contributed by atoms with Crippen molar-refractivity contribution in [2.75, 3.05) is 24.7 Å². The van der Waals surface area contributed by atoms with Gasteiger partial charge in [-0.1, -0.05) is 42.5 Å². The predicted octanol–water partition coefficient (Wildman–Crippen LogP) is 4.09. The van der Waals surface area contributed by atoms with Gasteiger partial charge >= 0.3 is 0 Å². The van der Waals surface area contributed by atoms with Crippen molar-refractivity contribution >= 4 is 33.0 Å². The molecule has 2 heterocycles. The van der Waals surface area contributed by atoms with E-state index >= 15 is 0 Å². The van der Waals surface area contributed by atoms with E-state index in [2.05, 4.69) is 5.32 Å². The predicted molar refractivity (Wildman–Crippen MR) is 121 cm³/mol. The van der Waals surface area contributed by atoms with Crippen LogP contribution in [0.25, 0.3) is 21.8 Å². The Bertz CT molecular complexity index is 1120. The smallest absolute Gasteiger partial charge is 0.227 e. The second kappa shape index (κ2) is 8.67. The molecule has 1 aliphatic heterocycles. The van der Waals surface area contributed by atoms with Gasteiger partial charge in [-0.25, -0.2) is 17.7 Å². The summed E-state index contributed by atoms with van der Waals surface area (Å²) in [4.78, 5) is 17.3. The molecule has 0 saturated carbocycles. The van der Waals surface area contributed by atoms with Crippen LogP contribution in [0, 0.1) is 5.92 Å². The Labute approximate surface area is 180 Å². The van der Waals surface area contributed by atoms with E-state index in [1.54, 1.807) is 11.3 Å². The molecule has 0 atom stereocenters. The maximum atomic E-state index is 12.5. The van der Waals surface area contributed by atoms with Crippen molar-refractivity contribution in [3.05, 3.63) is 60.0 Å². The van der Waals surface area contributed by atoms with Crippen LogP contribution in [0.3, 0.4) is 0 Å². The number of carbonyl (C=O) groups excluding carboxylic acids is 1. The first-order valence-electron chi connectivity index (χ1n) is 9.77. The van der Waals surface area contributed by atoms with Gasteiger partial charge in [-0.05, 0) is 25.0 Å². The Hall–Kier alpha value is -2.55. The summed E-state index contributed by atoms with van der Waals surface area (Å²) < 4.78 is 24.6. The zero-order chi connectivity index (χ0) is 21.1. The first kappa shape index (κ1) is 20.7. The molecule has 156 valence electrons. The lowest BCUT2D eigenvalue weighted by Gasteiger charge is -2.29. The van der Waals surface area contributed by atoms with Crippen molar-refractivity contribution in [2.24, 2.45) is 5.92 Å². The third-order valence-electron chi connectivity index (χ3n) is 5.27. The van der Waals surface area contributed by atoms with Crippen molar-refractivity contribution in [3.8, 4) is 21.8 Å². The van der Waals surface area contributed by atoms with Crippen LogP contribution < -0.4 is 5.32 Å². The Morgan fingerprint density at radius 3 is 2.33 bits per heavy atom. The molecule has 0 bridgehead atoms. The van der Waals surface area contributed by atoms with E-state index in [1.807, 2.05) is 60.0 Å². The number of hydrogen-bond donors (Lipinski definition) is 1. The highest BCUT2D eigenvalue weighted by Gasteiger charge is 2.28. The number of nitrogens with zero attached hydrogens (tertiary/aromatic N) is 2. The molecule has 1 N–H and O–H groups in total. The van der Waals surface area contributed by atoms with Crippen LogP contribution in [0.15, 0.2) is 60.0 Å². The Morgan fingerprint density at radius 2 is 1.70 bits per heavy atom. The molecule has 6 nitrogen and oxygen atoms in total. The van der Waals surface area contributed by atoms with Gasteiger partial charge in [0.25, 0.3) is 0 Å². The zero-order valence-corrected chi connectivity index (χ0v) is 18.2. The molecule has 8 heteroatoms. The van der Waals surface area contributed by atoms with Crippen LogP contribution in [-0.4, -0.2) is 43.0 Å². The summed E-state index contributed by atoms with van der Waals surface area (Å²) >= 11 is 1.61. The SMILES string of the molecule is CS(=O)(=O)N1CCC(C(=O)Nc2ccc(-c3csc(-c4ccccc4)n3)cc2)CC1. The number of amides is 1. The van der Waals surface area contributed by atoms with Gasteiger partial charge in [0.05, 0.1) is 11.9 Å². The number of piperidine rings is 1. The average molecular weight is 442 g/mol. The Morgan fingerprint density at radius 1 is 1.03 bits per heavy atom. The minimum atomic E-state index is -3.18. The van der Waals surface area contributed by atoms with E-state index in [9.17, 15) is 13.2 Å². The fraction of sp³-hybridized carbons (Fsp3) is 0.273. The van der Waals surface area contributed by atoms with Gasteiger partial charge < -0.3 is 5.32 Å². The Kier molecular flexibility index (Phi) is 5.99. The third kappa shape index (κ3) is 4.77.